The topological polar surface area (TPSA) is 62.3 Å². The molecule has 0 saturated carbocycles. The molecule has 2 heterocycles. The number of nitrogens with zero attached hydrogens (tertiary/aromatic N) is 2. The predicted molar refractivity (Wildman–Crippen MR) is 94.5 cm³/mol. The van der Waals surface area contributed by atoms with Gasteiger partial charge in [0.15, 0.2) is 9.84 Å². The molecule has 1 aromatic heterocycles. The summed E-state index contributed by atoms with van der Waals surface area (Å²) in [6, 6.07) is 3.25. The summed E-state index contributed by atoms with van der Waals surface area (Å²) in [5.74, 6) is 2.06. The number of piperidine rings is 1. The molecule has 0 aromatic carbocycles. The van der Waals surface area contributed by atoms with Gasteiger partial charge in [-0.2, -0.15) is 0 Å². The number of nitrogens with one attached hydrogen (secondary N) is 1. The molecule has 0 spiro atoms. The van der Waals surface area contributed by atoms with Gasteiger partial charge in [0.2, 0.25) is 0 Å². The summed E-state index contributed by atoms with van der Waals surface area (Å²) in [5.41, 5.74) is 0. The average molecular weight is 340 g/mol. The van der Waals surface area contributed by atoms with Gasteiger partial charge in [0, 0.05) is 32.1 Å². The molecule has 0 radical (unpaired) electrons. The van der Waals surface area contributed by atoms with Crippen molar-refractivity contribution in [3.63, 3.8) is 0 Å². The minimum atomic E-state index is -3.24. The maximum Gasteiger partial charge on any atom is 0.179 e. The van der Waals surface area contributed by atoms with Gasteiger partial charge in [-0.15, -0.1) is 0 Å². The van der Waals surface area contributed by atoms with Crippen LogP contribution in [0.1, 0.15) is 33.1 Å². The minimum Gasteiger partial charge on any atom is -0.369 e. The van der Waals surface area contributed by atoms with Crippen LogP contribution < -0.4 is 5.32 Å². The SMILES string of the molecule is CC1CC(C)CN(CCCCNc2ncccc2S(C)(=O)=O)C1. The van der Waals surface area contributed by atoms with Crippen LogP contribution in [0.3, 0.4) is 0 Å². The Morgan fingerprint density at radius 1 is 1.26 bits per heavy atom. The third kappa shape index (κ3) is 5.77. The first kappa shape index (κ1) is 18.2. The quantitative estimate of drug-likeness (QED) is 0.774. The summed E-state index contributed by atoms with van der Waals surface area (Å²) in [6.45, 7) is 8.94. The molecular formula is C17H29N3O2S. The second-order valence-electron chi connectivity index (χ2n) is 6.96. The van der Waals surface area contributed by atoms with Gasteiger partial charge in [-0.05, 0) is 49.8 Å². The lowest BCUT2D eigenvalue weighted by atomic mass is 9.92. The van der Waals surface area contributed by atoms with Crippen molar-refractivity contribution in [3.8, 4) is 0 Å². The van der Waals surface area contributed by atoms with E-state index in [-0.39, 0.29) is 4.90 Å². The smallest absolute Gasteiger partial charge is 0.179 e. The maximum absolute atomic E-state index is 11.7. The molecule has 6 heteroatoms. The summed E-state index contributed by atoms with van der Waals surface area (Å²) in [6.07, 6.45) is 6.31. The Labute approximate surface area is 140 Å². The lowest BCUT2D eigenvalue weighted by Gasteiger charge is -2.34. The van der Waals surface area contributed by atoms with Crippen LogP contribution in [0.4, 0.5) is 5.82 Å². The number of rotatable bonds is 7. The molecule has 23 heavy (non-hydrogen) atoms. The van der Waals surface area contributed by atoms with Gasteiger partial charge in [0.1, 0.15) is 10.7 Å². The Balaban J connectivity index is 1.74. The fraction of sp³-hybridized carbons (Fsp3) is 0.706. The van der Waals surface area contributed by atoms with Gasteiger partial charge in [-0.25, -0.2) is 13.4 Å². The Bertz CT molecular complexity index is 594. The molecule has 0 amide bonds. The summed E-state index contributed by atoms with van der Waals surface area (Å²) >= 11 is 0. The first-order chi connectivity index (χ1) is 10.9. The van der Waals surface area contributed by atoms with E-state index in [4.69, 9.17) is 0 Å². The van der Waals surface area contributed by atoms with Crippen LogP contribution in [-0.4, -0.2) is 50.7 Å². The molecule has 1 aromatic rings. The molecule has 0 aliphatic carbocycles. The number of aromatic nitrogens is 1. The molecule has 1 aliphatic rings. The highest BCUT2D eigenvalue weighted by molar-refractivity contribution is 7.90. The maximum atomic E-state index is 11.7. The first-order valence-electron chi connectivity index (χ1n) is 8.47. The van der Waals surface area contributed by atoms with Crippen molar-refractivity contribution in [2.45, 2.75) is 38.0 Å². The van der Waals surface area contributed by atoms with Crippen LogP contribution in [0.2, 0.25) is 0 Å². The van der Waals surface area contributed by atoms with Gasteiger partial charge in [-0.3, -0.25) is 0 Å². The van der Waals surface area contributed by atoms with E-state index in [1.165, 1.54) is 25.8 Å². The molecule has 1 saturated heterocycles. The summed E-state index contributed by atoms with van der Waals surface area (Å²) < 4.78 is 23.4. The highest BCUT2D eigenvalue weighted by atomic mass is 32.2. The van der Waals surface area contributed by atoms with Crippen molar-refractivity contribution in [2.24, 2.45) is 11.8 Å². The zero-order valence-corrected chi connectivity index (χ0v) is 15.3. The van der Waals surface area contributed by atoms with Crippen LogP contribution in [0.5, 0.6) is 0 Å². The highest BCUT2D eigenvalue weighted by Gasteiger charge is 2.21. The number of unbranched alkanes of at least 4 members (excludes halogenated alkanes) is 1. The van der Waals surface area contributed by atoms with E-state index in [1.54, 1.807) is 18.3 Å². The van der Waals surface area contributed by atoms with E-state index in [0.717, 1.165) is 37.8 Å². The van der Waals surface area contributed by atoms with E-state index in [9.17, 15) is 8.42 Å². The number of sulfone groups is 1. The Morgan fingerprint density at radius 3 is 2.61 bits per heavy atom. The first-order valence-corrected chi connectivity index (χ1v) is 10.4. The number of pyridine rings is 1. The van der Waals surface area contributed by atoms with Crippen molar-refractivity contribution in [1.82, 2.24) is 9.88 Å². The molecule has 2 unspecified atom stereocenters. The molecule has 1 fully saturated rings. The fourth-order valence-corrected chi connectivity index (χ4v) is 4.27. The summed E-state index contributed by atoms with van der Waals surface area (Å²) in [5, 5.41) is 3.17. The molecule has 0 bridgehead atoms. The van der Waals surface area contributed by atoms with Crippen molar-refractivity contribution in [2.75, 3.05) is 37.8 Å². The van der Waals surface area contributed by atoms with Gasteiger partial charge in [-0.1, -0.05) is 13.8 Å². The van der Waals surface area contributed by atoms with Crippen LogP contribution in [-0.2, 0) is 9.84 Å². The Kier molecular flexibility index (Phi) is 6.41. The van der Waals surface area contributed by atoms with E-state index < -0.39 is 9.84 Å². The summed E-state index contributed by atoms with van der Waals surface area (Å²) in [7, 11) is -3.24. The van der Waals surface area contributed by atoms with Gasteiger partial charge < -0.3 is 10.2 Å². The summed E-state index contributed by atoms with van der Waals surface area (Å²) in [4.78, 5) is 6.99. The molecule has 1 aliphatic heterocycles. The second kappa shape index (κ2) is 8.11. The van der Waals surface area contributed by atoms with Crippen molar-refractivity contribution in [1.29, 1.82) is 0 Å². The Hall–Kier alpha value is -1.14. The van der Waals surface area contributed by atoms with Gasteiger partial charge in [0.25, 0.3) is 0 Å². The third-order valence-corrected chi connectivity index (χ3v) is 5.44. The number of anilines is 1. The van der Waals surface area contributed by atoms with Crippen LogP contribution in [0, 0.1) is 11.8 Å². The molecule has 5 nitrogen and oxygen atoms in total. The lowest BCUT2D eigenvalue weighted by Crippen LogP contribution is -2.39. The van der Waals surface area contributed by atoms with E-state index in [1.807, 2.05) is 0 Å². The highest BCUT2D eigenvalue weighted by Crippen LogP contribution is 2.21. The van der Waals surface area contributed by atoms with Gasteiger partial charge in [0.05, 0.1) is 0 Å². The molecule has 2 rings (SSSR count). The zero-order valence-electron chi connectivity index (χ0n) is 14.5. The Morgan fingerprint density at radius 2 is 1.96 bits per heavy atom. The average Bonchev–Trinajstić information content (AvgIpc) is 2.45. The number of likely N-dealkylation sites (tertiary alicyclic amines) is 1. The van der Waals surface area contributed by atoms with Crippen molar-refractivity contribution in [3.05, 3.63) is 18.3 Å². The van der Waals surface area contributed by atoms with Crippen LogP contribution >= 0.6 is 0 Å². The van der Waals surface area contributed by atoms with Crippen molar-refractivity contribution < 1.29 is 8.42 Å². The minimum absolute atomic E-state index is 0.277. The van der Waals surface area contributed by atoms with Crippen LogP contribution in [0.25, 0.3) is 0 Å². The van der Waals surface area contributed by atoms with Crippen molar-refractivity contribution >= 4 is 15.7 Å². The number of hydrogen-bond donors (Lipinski definition) is 1. The van der Waals surface area contributed by atoms with E-state index in [0.29, 0.717) is 5.82 Å². The second-order valence-corrected chi connectivity index (χ2v) is 8.95. The van der Waals surface area contributed by atoms with E-state index in [2.05, 4.69) is 29.0 Å². The number of hydrogen-bond acceptors (Lipinski definition) is 5. The zero-order chi connectivity index (χ0) is 16.9. The predicted octanol–water partition coefficient (Wildman–Crippen LogP) is 2.66. The largest absolute Gasteiger partial charge is 0.369 e. The lowest BCUT2D eigenvalue weighted by molar-refractivity contribution is 0.139. The van der Waals surface area contributed by atoms with Crippen LogP contribution in [0.15, 0.2) is 23.2 Å². The molecular weight excluding hydrogens is 310 g/mol. The van der Waals surface area contributed by atoms with Gasteiger partial charge >= 0.3 is 0 Å². The molecule has 2 atom stereocenters. The van der Waals surface area contributed by atoms with E-state index >= 15 is 0 Å². The molecule has 130 valence electrons. The fourth-order valence-electron chi connectivity index (χ4n) is 3.46. The monoisotopic (exact) mass is 339 g/mol. The third-order valence-electron chi connectivity index (χ3n) is 4.31. The molecule has 1 N–H and O–H groups in total. The standard InChI is InChI=1S/C17H29N3O2S/c1-14-11-15(2)13-20(12-14)10-5-4-8-18-17-16(23(3,21)22)7-6-9-19-17/h6-7,9,14-15H,4-5,8,10-13H2,1-3H3,(H,18,19). The normalized spacial score (nSPS) is 22.9.